The van der Waals surface area contributed by atoms with Crippen LogP contribution in [-0.4, -0.2) is 18.7 Å². The Balaban J connectivity index is 3.80. The number of hydrogen-bond donors (Lipinski definition) is 1. The summed E-state index contributed by atoms with van der Waals surface area (Å²) in [6, 6.07) is 0. The van der Waals surface area contributed by atoms with Crippen LogP contribution < -0.4 is 5.73 Å². The summed E-state index contributed by atoms with van der Waals surface area (Å²) in [5, 5.41) is 3.27. The minimum absolute atomic E-state index is 0.174. The van der Waals surface area contributed by atoms with Gasteiger partial charge >= 0.3 is 0 Å². The number of nitrogens with zero attached hydrogens (tertiary/aromatic N) is 1. The highest BCUT2D eigenvalue weighted by Crippen LogP contribution is 1.73. The molecule has 4 heteroatoms. The molecule has 0 saturated carbocycles. The fraction of sp³-hybridized carbons (Fsp3) is 0.500. The lowest BCUT2D eigenvalue weighted by molar-refractivity contribution is -0.112. The summed E-state index contributed by atoms with van der Waals surface area (Å²) in [6.45, 7) is 1.48. The second kappa shape index (κ2) is 3.01. The van der Waals surface area contributed by atoms with Gasteiger partial charge in [0.1, 0.15) is 12.8 Å². The van der Waals surface area contributed by atoms with Gasteiger partial charge in [0.25, 0.3) is 5.91 Å². The van der Waals surface area contributed by atoms with Gasteiger partial charge < -0.3 is 10.6 Å². The molecule has 0 fully saturated rings. The smallest absolute Gasteiger partial charge is 0.266 e. The Hall–Kier alpha value is -1.06. The molecule has 0 aromatic heterocycles. The van der Waals surface area contributed by atoms with Gasteiger partial charge in [-0.15, -0.1) is 0 Å². The first-order valence-corrected chi connectivity index (χ1v) is 2.06. The van der Waals surface area contributed by atoms with E-state index in [4.69, 9.17) is 5.73 Å². The van der Waals surface area contributed by atoms with Crippen molar-refractivity contribution in [3.8, 4) is 0 Å². The van der Waals surface area contributed by atoms with Crippen molar-refractivity contribution >= 4 is 11.6 Å². The summed E-state index contributed by atoms with van der Waals surface area (Å²) in [5.41, 5.74) is 4.95. The molecule has 0 rings (SSSR count). The van der Waals surface area contributed by atoms with E-state index in [-0.39, 0.29) is 5.71 Å². The van der Waals surface area contributed by atoms with Crippen molar-refractivity contribution < 1.29 is 9.63 Å². The lowest BCUT2D eigenvalue weighted by Gasteiger charge is -1.88. The van der Waals surface area contributed by atoms with Gasteiger partial charge in [-0.3, -0.25) is 4.79 Å². The number of nitrogens with two attached hydrogens (primary N) is 1. The van der Waals surface area contributed by atoms with Crippen LogP contribution in [0.4, 0.5) is 0 Å². The van der Waals surface area contributed by atoms with Gasteiger partial charge in [-0.1, -0.05) is 5.16 Å². The second-order valence-electron chi connectivity index (χ2n) is 1.22. The molecule has 0 bridgehead atoms. The summed E-state index contributed by atoms with van der Waals surface area (Å²) in [5.74, 6) is -0.563. The normalized spacial score (nSPS) is 11.0. The van der Waals surface area contributed by atoms with Crippen molar-refractivity contribution in [1.29, 1.82) is 0 Å². The predicted octanol–water partition coefficient (Wildman–Crippen LogP) is -0.506. The molecule has 0 aliphatic heterocycles. The van der Waals surface area contributed by atoms with Crippen LogP contribution in [0.15, 0.2) is 5.16 Å². The summed E-state index contributed by atoms with van der Waals surface area (Å²) < 4.78 is 0. The number of hydrogen-bond acceptors (Lipinski definition) is 3. The third kappa shape index (κ3) is 2.17. The van der Waals surface area contributed by atoms with E-state index in [1.807, 2.05) is 0 Å². The first-order chi connectivity index (χ1) is 3.68. The van der Waals surface area contributed by atoms with Gasteiger partial charge in [0.15, 0.2) is 0 Å². The van der Waals surface area contributed by atoms with Gasteiger partial charge in [-0.2, -0.15) is 0 Å². The van der Waals surface area contributed by atoms with Gasteiger partial charge in [0, 0.05) is 0 Å². The molecule has 1 amide bonds. The van der Waals surface area contributed by atoms with Crippen molar-refractivity contribution in [3.63, 3.8) is 0 Å². The summed E-state index contributed by atoms with van der Waals surface area (Å²) in [4.78, 5) is 14.4. The van der Waals surface area contributed by atoms with Crippen LogP contribution in [0.2, 0.25) is 0 Å². The van der Waals surface area contributed by atoms with E-state index >= 15 is 0 Å². The first-order valence-electron chi connectivity index (χ1n) is 2.06. The molecule has 0 heterocycles. The van der Waals surface area contributed by atoms with Crippen LogP contribution in [0.25, 0.3) is 0 Å². The lowest BCUT2D eigenvalue weighted by Crippen LogP contribution is -2.20. The Morgan fingerprint density at radius 1 is 1.75 bits per heavy atom. The molecule has 0 radical (unpaired) electrons. The zero-order valence-corrected chi connectivity index (χ0v) is 4.84. The topological polar surface area (TPSA) is 64.7 Å². The van der Waals surface area contributed by atoms with Crippen LogP contribution in [0.5, 0.6) is 0 Å². The minimum atomic E-state index is -0.563. The van der Waals surface area contributed by atoms with E-state index in [1.54, 1.807) is 0 Å². The Kier molecular flexibility index (Phi) is 2.61. The van der Waals surface area contributed by atoms with Crippen LogP contribution >= 0.6 is 0 Å². The predicted molar refractivity (Wildman–Crippen MR) is 29.3 cm³/mol. The second-order valence-corrected chi connectivity index (χ2v) is 1.22. The van der Waals surface area contributed by atoms with Crippen molar-refractivity contribution in [3.05, 3.63) is 0 Å². The highest BCUT2D eigenvalue weighted by Gasteiger charge is 1.96. The average molecular weight is 116 g/mol. The highest BCUT2D eigenvalue weighted by atomic mass is 16.6. The molecule has 0 unspecified atom stereocenters. The van der Waals surface area contributed by atoms with Crippen LogP contribution in [0.3, 0.4) is 0 Å². The number of amides is 1. The van der Waals surface area contributed by atoms with E-state index in [0.29, 0.717) is 0 Å². The molecule has 0 aliphatic carbocycles. The van der Waals surface area contributed by atoms with Gasteiger partial charge in [-0.05, 0) is 6.92 Å². The Labute approximate surface area is 47.3 Å². The highest BCUT2D eigenvalue weighted by molar-refractivity contribution is 6.37. The molecule has 0 aliphatic rings. The van der Waals surface area contributed by atoms with E-state index in [2.05, 4.69) is 9.99 Å². The van der Waals surface area contributed by atoms with E-state index in [1.165, 1.54) is 14.0 Å². The zero-order valence-electron chi connectivity index (χ0n) is 4.84. The van der Waals surface area contributed by atoms with Crippen molar-refractivity contribution in [2.75, 3.05) is 7.11 Å². The molecule has 8 heavy (non-hydrogen) atoms. The quantitative estimate of drug-likeness (QED) is 0.390. The maximum absolute atomic E-state index is 10.1. The SMILES string of the molecule is CO/N=C(\C)C(N)=O. The summed E-state index contributed by atoms with van der Waals surface area (Å²) in [7, 11) is 1.35. The molecule has 0 aromatic rings. The molecular formula is C4H8N2O2. The Morgan fingerprint density at radius 2 is 2.25 bits per heavy atom. The fourth-order valence-corrected chi connectivity index (χ4v) is 0.182. The first kappa shape index (κ1) is 6.94. The van der Waals surface area contributed by atoms with Crippen molar-refractivity contribution in [2.45, 2.75) is 6.92 Å². The van der Waals surface area contributed by atoms with E-state index in [9.17, 15) is 4.79 Å². The summed E-state index contributed by atoms with van der Waals surface area (Å²) >= 11 is 0. The number of carbonyl (C=O) groups is 1. The average Bonchev–Trinajstić information content (AvgIpc) is 1.67. The summed E-state index contributed by atoms with van der Waals surface area (Å²) in [6.07, 6.45) is 0. The van der Waals surface area contributed by atoms with Gasteiger partial charge in [0.2, 0.25) is 0 Å². The zero-order chi connectivity index (χ0) is 6.57. The van der Waals surface area contributed by atoms with Crippen LogP contribution in [0.1, 0.15) is 6.92 Å². The number of oxime groups is 1. The van der Waals surface area contributed by atoms with Crippen molar-refractivity contribution in [1.82, 2.24) is 0 Å². The largest absolute Gasteiger partial charge is 0.399 e. The standard InChI is InChI=1S/C4H8N2O2/c1-3(4(5)7)6-8-2/h1-2H3,(H2,5,7)/b6-3+. The van der Waals surface area contributed by atoms with Gasteiger partial charge in [-0.25, -0.2) is 0 Å². The number of carbonyl (C=O) groups excluding carboxylic acids is 1. The van der Waals surface area contributed by atoms with Gasteiger partial charge in [0.05, 0.1) is 0 Å². The maximum atomic E-state index is 10.1. The third-order valence-corrected chi connectivity index (χ3v) is 0.585. The molecule has 46 valence electrons. The number of rotatable bonds is 2. The number of primary amides is 1. The third-order valence-electron chi connectivity index (χ3n) is 0.585. The fourth-order valence-electron chi connectivity index (χ4n) is 0.182. The molecular weight excluding hydrogens is 108 g/mol. The Morgan fingerprint density at radius 3 is 2.38 bits per heavy atom. The van der Waals surface area contributed by atoms with Crippen LogP contribution in [0, 0.1) is 0 Å². The molecule has 0 spiro atoms. The molecule has 0 saturated heterocycles. The lowest BCUT2D eigenvalue weighted by atomic mass is 10.4. The molecule has 0 aromatic carbocycles. The molecule has 2 N–H and O–H groups in total. The van der Waals surface area contributed by atoms with E-state index in [0.717, 1.165) is 0 Å². The molecule has 0 atom stereocenters. The minimum Gasteiger partial charge on any atom is -0.399 e. The van der Waals surface area contributed by atoms with Crippen LogP contribution in [-0.2, 0) is 9.63 Å². The maximum Gasteiger partial charge on any atom is 0.266 e. The monoisotopic (exact) mass is 116 g/mol. The van der Waals surface area contributed by atoms with E-state index < -0.39 is 5.91 Å². The Bertz CT molecular complexity index is 119. The van der Waals surface area contributed by atoms with Crippen molar-refractivity contribution in [2.24, 2.45) is 10.9 Å². The molecule has 4 nitrogen and oxygen atoms in total.